The van der Waals surface area contributed by atoms with Crippen LogP contribution >= 0.6 is 0 Å². The maximum atomic E-state index is 2.45. The van der Waals surface area contributed by atoms with Gasteiger partial charge in [-0.1, -0.05) is 27.7 Å². The third-order valence-corrected chi connectivity index (χ3v) is 4.47. The third kappa shape index (κ3) is 0.367. The first-order valence-corrected chi connectivity index (χ1v) is 4.10. The van der Waals surface area contributed by atoms with Gasteiger partial charge < -0.3 is 0 Å². The largest absolute Gasteiger partial charge is 0.0619 e. The van der Waals surface area contributed by atoms with Gasteiger partial charge in [0.1, 0.15) is 0 Å². The second kappa shape index (κ2) is 1.21. The molecule has 9 heavy (non-hydrogen) atoms. The minimum atomic E-state index is 0.777. The second-order valence-corrected chi connectivity index (χ2v) is 4.33. The van der Waals surface area contributed by atoms with Gasteiger partial charge in [0.15, 0.2) is 0 Å². The van der Waals surface area contributed by atoms with Crippen molar-refractivity contribution in [2.45, 2.75) is 27.7 Å². The monoisotopic (exact) mass is 124 g/mol. The van der Waals surface area contributed by atoms with Crippen molar-refractivity contribution in [3.8, 4) is 0 Å². The molecule has 0 aromatic heterocycles. The van der Waals surface area contributed by atoms with Crippen LogP contribution in [-0.2, 0) is 0 Å². The van der Waals surface area contributed by atoms with E-state index in [1.807, 2.05) is 0 Å². The molecule has 0 radical (unpaired) electrons. The molecule has 0 amide bonds. The Morgan fingerprint density at radius 3 is 1.67 bits per heavy atom. The molecule has 2 aliphatic carbocycles. The van der Waals surface area contributed by atoms with Crippen molar-refractivity contribution in [3.05, 3.63) is 0 Å². The second-order valence-electron chi connectivity index (χ2n) is 4.33. The summed E-state index contributed by atoms with van der Waals surface area (Å²) in [7, 11) is 0. The normalized spacial score (nSPS) is 70.7. The average Bonchev–Trinajstić information content (AvgIpc) is 2.33. The van der Waals surface area contributed by atoms with Crippen LogP contribution in [0.1, 0.15) is 27.7 Å². The van der Waals surface area contributed by atoms with E-state index in [4.69, 9.17) is 0 Å². The summed E-state index contributed by atoms with van der Waals surface area (Å²) < 4.78 is 0. The maximum absolute atomic E-state index is 2.45. The quantitative estimate of drug-likeness (QED) is 0.465. The van der Waals surface area contributed by atoms with Gasteiger partial charge in [-0.3, -0.25) is 0 Å². The van der Waals surface area contributed by atoms with E-state index in [1.165, 1.54) is 0 Å². The van der Waals surface area contributed by atoms with E-state index in [1.54, 1.807) is 0 Å². The highest BCUT2D eigenvalue weighted by Crippen LogP contribution is 2.77. The molecule has 2 aliphatic rings. The summed E-state index contributed by atoms with van der Waals surface area (Å²) in [5, 5.41) is 0. The minimum absolute atomic E-state index is 0.777. The summed E-state index contributed by atoms with van der Waals surface area (Å²) in [5.41, 5.74) is 0.777. The smallest absolute Gasteiger partial charge is 0.0235 e. The summed E-state index contributed by atoms with van der Waals surface area (Å²) in [4.78, 5) is 0. The average molecular weight is 124 g/mol. The molecule has 0 aromatic rings. The van der Waals surface area contributed by atoms with Gasteiger partial charge >= 0.3 is 0 Å². The van der Waals surface area contributed by atoms with Crippen molar-refractivity contribution in [3.63, 3.8) is 0 Å². The molecule has 2 rings (SSSR count). The molecule has 0 bridgehead atoms. The standard InChI is InChI=1S/C9H16/c1-5-6(2)9(4)7(3)8(5)9/h5-8H,1-4H3. The Hall–Kier alpha value is 0. The molecule has 2 saturated carbocycles. The first-order valence-electron chi connectivity index (χ1n) is 4.10. The van der Waals surface area contributed by atoms with Crippen LogP contribution in [0.3, 0.4) is 0 Å². The molecule has 2 fully saturated rings. The molecule has 0 aromatic carbocycles. The fraction of sp³-hybridized carbons (Fsp3) is 1.00. The fourth-order valence-electron chi connectivity index (χ4n) is 3.29. The summed E-state index contributed by atoms with van der Waals surface area (Å²) >= 11 is 0. The Bertz CT molecular complexity index is 137. The van der Waals surface area contributed by atoms with Crippen molar-refractivity contribution in [2.24, 2.45) is 29.1 Å². The first-order chi connectivity index (χ1) is 4.10. The van der Waals surface area contributed by atoms with Crippen LogP contribution in [0.15, 0.2) is 0 Å². The van der Waals surface area contributed by atoms with Crippen molar-refractivity contribution >= 4 is 0 Å². The van der Waals surface area contributed by atoms with E-state index in [9.17, 15) is 0 Å². The van der Waals surface area contributed by atoms with Gasteiger partial charge in [0, 0.05) is 0 Å². The lowest BCUT2D eigenvalue weighted by Gasteiger charge is -2.37. The van der Waals surface area contributed by atoms with Crippen LogP contribution in [-0.4, -0.2) is 0 Å². The van der Waals surface area contributed by atoms with Gasteiger partial charge in [-0.15, -0.1) is 0 Å². The Balaban J connectivity index is 2.19. The van der Waals surface area contributed by atoms with Crippen molar-refractivity contribution in [1.29, 1.82) is 0 Å². The zero-order valence-electron chi connectivity index (χ0n) is 6.81. The lowest BCUT2D eigenvalue weighted by atomic mass is 9.67. The first kappa shape index (κ1) is 5.76. The topological polar surface area (TPSA) is 0 Å². The summed E-state index contributed by atoms with van der Waals surface area (Å²) in [6, 6.07) is 0. The summed E-state index contributed by atoms with van der Waals surface area (Å²) in [5.74, 6) is 4.14. The van der Waals surface area contributed by atoms with E-state index in [-0.39, 0.29) is 0 Å². The molecular formula is C9H16. The van der Waals surface area contributed by atoms with Crippen LogP contribution < -0.4 is 0 Å². The minimum Gasteiger partial charge on any atom is -0.0619 e. The van der Waals surface area contributed by atoms with Crippen molar-refractivity contribution < 1.29 is 0 Å². The van der Waals surface area contributed by atoms with Gasteiger partial charge in [-0.25, -0.2) is 0 Å². The highest BCUT2D eigenvalue weighted by Gasteiger charge is 2.72. The highest BCUT2D eigenvalue weighted by atomic mass is 14.8. The SMILES string of the molecule is CC1C(C)C2(C)C(C)C12. The van der Waals surface area contributed by atoms with E-state index in [0.717, 1.165) is 29.1 Å². The Morgan fingerprint density at radius 2 is 1.56 bits per heavy atom. The lowest BCUT2D eigenvalue weighted by molar-refractivity contribution is 0.105. The number of rotatable bonds is 0. The van der Waals surface area contributed by atoms with Crippen LogP contribution in [0.2, 0.25) is 0 Å². The van der Waals surface area contributed by atoms with E-state index < -0.39 is 0 Å². The fourth-order valence-corrected chi connectivity index (χ4v) is 3.29. The molecule has 5 unspecified atom stereocenters. The van der Waals surface area contributed by atoms with Crippen LogP contribution in [0.4, 0.5) is 0 Å². The summed E-state index contributed by atoms with van der Waals surface area (Å²) in [6.45, 7) is 9.67. The third-order valence-electron chi connectivity index (χ3n) is 4.47. The van der Waals surface area contributed by atoms with E-state index >= 15 is 0 Å². The number of fused-ring (bicyclic) bond motifs is 1. The molecule has 0 nitrogen and oxygen atoms in total. The maximum Gasteiger partial charge on any atom is -0.0235 e. The molecule has 0 spiro atoms. The molecule has 0 N–H and O–H groups in total. The van der Waals surface area contributed by atoms with Gasteiger partial charge in [-0.05, 0) is 29.1 Å². The molecule has 0 saturated heterocycles. The molecule has 5 atom stereocenters. The molecule has 0 heteroatoms. The Labute approximate surface area is 57.6 Å². The molecule has 0 aliphatic heterocycles. The van der Waals surface area contributed by atoms with Gasteiger partial charge in [-0.2, -0.15) is 0 Å². The predicted octanol–water partition coefficient (Wildman–Crippen LogP) is 2.54. The Morgan fingerprint density at radius 1 is 1.00 bits per heavy atom. The van der Waals surface area contributed by atoms with Crippen molar-refractivity contribution in [1.82, 2.24) is 0 Å². The van der Waals surface area contributed by atoms with E-state index in [2.05, 4.69) is 27.7 Å². The zero-order valence-corrected chi connectivity index (χ0v) is 6.81. The van der Waals surface area contributed by atoms with Crippen LogP contribution in [0.5, 0.6) is 0 Å². The zero-order chi connectivity index (χ0) is 6.81. The summed E-state index contributed by atoms with van der Waals surface area (Å²) in [6.07, 6.45) is 0. The van der Waals surface area contributed by atoms with Gasteiger partial charge in [0.25, 0.3) is 0 Å². The molecule has 0 heterocycles. The van der Waals surface area contributed by atoms with Crippen LogP contribution in [0, 0.1) is 29.1 Å². The van der Waals surface area contributed by atoms with Gasteiger partial charge in [0.05, 0.1) is 0 Å². The molecular weight excluding hydrogens is 108 g/mol. The highest BCUT2D eigenvalue weighted by molar-refractivity contribution is 5.19. The van der Waals surface area contributed by atoms with Gasteiger partial charge in [0.2, 0.25) is 0 Å². The number of hydrogen-bond donors (Lipinski definition) is 0. The van der Waals surface area contributed by atoms with Crippen molar-refractivity contribution in [2.75, 3.05) is 0 Å². The van der Waals surface area contributed by atoms with E-state index in [0.29, 0.717) is 0 Å². The Kier molecular flexibility index (Phi) is 0.774. The predicted molar refractivity (Wildman–Crippen MR) is 39.1 cm³/mol. The van der Waals surface area contributed by atoms with Crippen LogP contribution in [0.25, 0.3) is 0 Å². The molecule has 52 valence electrons. The lowest BCUT2D eigenvalue weighted by Crippen LogP contribution is -2.32. The number of hydrogen-bond acceptors (Lipinski definition) is 0.